The molecule has 1 nitrogen and oxygen atoms in total. The first-order valence-corrected chi connectivity index (χ1v) is 6.31. The van der Waals surface area contributed by atoms with Crippen LogP contribution in [0.2, 0.25) is 0 Å². The van der Waals surface area contributed by atoms with Crippen molar-refractivity contribution in [2.24, 2.45) is 5.41 Å². The van der Waals surface area contributed by atoms with Gasteiger partial charge in [0, 0.05) is 16.8 Å². The van der Waals surface area contributed by atoms with Crippen molar-refractivity contribution in [3.63, 3.8) is 0 Å². The van der Waals surface area contributed by atoms with E-state index in [9.17, 15) is 0 Å². The molecule has 14 heavy (non-hydrogen) atoms. The summed E-state index contributed by atoms with van der Waals surface area (Å²) in [6.45, 7) is 8.04. The van der Waals surface area contributed by atoms with Crippen LogP contribution in [0.15, 0.2) is 17.5 Å². The Bertz CT molecular complexity index is 289. The maximum atomic E-state index is 3.57. The van der Waals surface area contributed by atoms with Gasteiger partial charge in [0.15, 0.2) is 0 Å². The molecule has 1 aromatic rings. The Morgan fingerprint density at radius 3 is 2.86 bits per heavy atom. The lowest BCUT2D eigenvalue weighted by molar-refractivity contribution is 0.0728. The second-order valence-electron chi connectivity index (χ2n) is 4.74. The van der Waals surface area contributed by atoms with Crippen molar-refractivity contribution < 1.29 is 0 Å². The molecule has 1 N–H and O–H groups in total. The average molecular weight is 209 g/mol. The Labute approximate surface area is 90.5 Å². The topological polar surface area (TPSA) is 12.0 Å². The van der Waals surface area contributed by atoms with Crippen LogP contribution in [-0.2, 0) is 0 Å². The van der Waals surface area contributed by atoms with Gasteiger partial charge in [-0.3, -0.25) is 0 Å². The molecule has 1 aromatic heterocycles. The van der Waals surface area contributed by atoms with Gasteiger partial charge in [0.25, 0.3) is 0 Å². The van der Waals surface area contributed by atoms with E-state index in [1.807, 2.05) is 11.3 Å². The Kier molecular flexibility index (Phi) is 2.67. The van der Waals surface area contributed by atoms with Crippen LogP contribution in [0.1, 0.15) is 38.0 Å². The highest BCUT2D eigenvalue weighted by Crippen LogP contribution is 2.53. The van der Waals surface area contributed by atoms with Gasteiger partial charge < -0.3 is 5.32 Å². The fraction of sp³-hybridized carbons (Fsp3) is 0.667. The Balaban J connectivity index is 2.06. The normalized spacial score (nSPS) is 29.9. The molecule has 2 heteroatoms. The molecule has 0 spiro atoms. The third-order valence-corrected chi connectivity index (χ3v) is 4.59. The highest BCUT2D eigenvalue weighted by molar-refractivity contribution is 7.10. The molecule has 0 amide bonds. The molecule has 1 heterocycles. The largest absolute Gasteiger partial charge is 0.314 e. The minimum Gasteiger partial charge on any atom is -0.314 e. The van der Waals surface area contributed by atoms with Crippen LogP contribution in [0.5, 0.6) is 0 Å². The summed E-state index contributed by atoms with van der Waals surface area (Å²) in [5.41, 5.74) is 0.431. The molecule has 1 saturated carbocycles. The zero-order chi connectivity index (χ0) is 10.2. The van der Waals surface area contributed by atoms with Crippen LogP contribution in [0.3, 0.4) is 0 Å². The third kappa shape index (κ3) is 1.51. The number of nitrogens with one attached hydrogen (secondary N) is 1. The van der Waals surface area contributed by atoms with Crippen molar-refractivity contribution in [2.75, 3.05) is 6.54 Å². The second-order valence-corrected chi connectivity index (χ2v) is 5.71. The standard InChI is InChI=1S/C12H19NS/c1-4-13-11-8-9(12(11,2)3)10-6-5-7-14-10/h5-7,9,11,13H,4,8H2,1-3H3. The van der Waals surface area contributed by atoms with Gasteiger partial charge in [-0.2, -0.15) is 0 Å². The molecule has 1 aliphatic carbocycles. The summed E-state index contributed by atoms with van der Waals surface area (Å²) in [6.07, 6.45) is 1.31. The smallest absolute Gasteiger partial charge is 0.0131 e. The van der Waals surface area contributed by atoms with E-state index in [1.165, 1.54) is 6.42 Å². The molecular formula is C12H19NS. The molecule has 2 rings (SSSR count). The first-order chi connectivity index (χ1) is 6.66. The van der Waals surface area contributed by atoms with Crippen molar-refractivity contribution in [3.05, 3.63) is 22.4 Å². The molecule has 0 aliphatic heterocycles. The van der Waals surface area contributed by atoms with E-state index < -0.39 is 0 Å². The van der Waals surface area contributed by atoms with E-state index in [0.717, 1.165) is 12.5 Å². The molecule has 0 radical (unpaired) electrons. The fourth-order valence-corrected chi connectivity index (χ4v) is 3.53. The van der Waals surface area contributed by atoms with Crippen molar-refractivity contribution in [2.45, 2.75) is 39.2 Å². The maximum absolute atomic E-state index is 3.57. The fourth-order valence-electron chi connectivity index (χ4n) is 2.49. The number of hydrogen-bond acceptors (Lipinski definition) is 2. The lowest BCUT2D eigenvalue weighted by Crippen LogP contribution is -2.55. The van der Waals surface area contributed by atoms with Gasteiger partial charge in [-0.15, -0.1) is 11.3 Å². The number of hydrogen-bond donors (Lipinski definition) is 1. The van der Waals surface area contributed by atoms with Gasteiger partial charge in [0.05, 0.1) is 0 Å². The predicted molar refractivity (Wildman–Crippen MR) is 62.9 cm³/mol. The minimum atomic E-state index is 0.431. The van der Waals surface area contributed by atoms with E-state index in [1.54, 1.807) is 4.88 Å². The van der Waals surface area contributed by atoms with E-state index in [-0.39, 0.29) is 0 Å². The van der Waals surface area contributed by atoms with Crippen LogP contribution < -0.4 is 5.32 Å². The Hall–Kier alpha value is -0.340. The first kappa shape index (κ1) is 10.2. The molecule has 0 aromatic carbocycles. The quantitative estimate of drug-likeness (QED) is 0.806. The molecule has 2 unspecified atom stereocenters. The Morgan fingerprint density at radius 2 is 2.36 bits per heavy atom. The minimum absolute atomic E-state index is 0.431. The van der Waals surface area contributed by atoms with Gasteiger partial charge >= 0.3 is 0 Å². The summed E-state index contributed by atoms with van der Waals surface area (Å²) in [5, 5.41) is 5.76. The zero-order valence-corrected chi connectivity index (χ0v) is 10.0. The monoisotopic (exact) mass is 209 g/mol. The molecule has 0 bridgehead atoms. The number of rotatable bonds is 3. The summed E-state index contributed by atoms with van der Waals surface area (Å²) in [4.78, 5) is 1.56. The highest BCUT2D eigenvalue weighted by Gasteiger charge is 2.48. The Morgan fingerprint density at radius 1 is 1.57 bits per heavy atom. The third-order valence-electron chi connectivity index (χ3n) is 3.60. The van der Waals surface area contributed by atoms with E-state index in [0.29, 0.717) is 11.5 Å². The van der Waals surface area contributed by atoms with Crippen molar-refractivity contribution in [1.82, 2.24) is 5.32 Å². The summed E-state index contributed by atoms with van der Waals surface area (Å²) in [5.74, 6) is 0.770. The van der Waals surface area contributed by atoms with Gasteiger partial charge in [0.2, 0.25) is 0 Å². The maximum Gasteiger partial charge on any atom is 0.0131 e. The van der Waals surface area contributed by atoms with Gasteiger partial charge in [-0.1, -0.05) is 26.8 Å². The molecule has 1 aliphatic rings. The molecule has 0 saturated heterocycles. The zero-order valence-electron chi connectivity index (χ0n) is 9.21. The van der Waals surface area contributed by atoms with Crippen molar-refractivity contribution in [3.8, 4) is 0 Å². The second kappa shape index (κ2) is 3.67. The van der Waals surface area contributed by atoms with Crippen LogP contribution in [0, 0.1) is 5.41 Å². The van der Waals surface area contributed by atoms with Gasteiger partial charge in [0.1, 0.15) is 0 Å². The SMILES string of the molecule is CCNC1CC(c2cccs2)C1(C)C. The summed E-state index contributed by atoms with van der Waals surface area (Å²) in [6, 6.07) is 5.15. The van der Waals surface area contributed by atoms with Crippen molar-refractivity contribution in [1.29, 1.82) is 0 Å². The first-order valence-electron chi connectivity index (χ1n) is 5.43. The number of thiophene rings is 1. The summed E-state index contributed by atoms with van der Waals surface area (Å²) < 4.78 is 0. The van der Waals surface area contributed by atoms with Crippen LogP contribution in [0.4, 0.5) is 0 Å². The van der Waals surface area contributed by atoms with Crippen LogP contribution in [-0.4, -0.2) is 12.6 Å². The van der Waals surface area contributed by atoms with Crippen molar-refractivity contribution >= 4 is 11.3 Å². The average Bonchev–Trinajstić information content (AvgIpc) is 2.64. The highest BCUT2D eigenvalue weighted by atomic mass is 32.1. The van der Waals surface area contributed by atoms with Crippen LogP contribution >= 0.6 is 11.3 Å². The van der Waals surface area contributed by atoms with Crippen LogP contribution in [0.25, 0.3) is 0 Å². The van der Waals surface area contributed by atoms with E-state index in [4.69, 9.17) is 0 Å². The molecular weight excluding hydrogens is 190 g/mol. The van der Waals surface area contributed by atoms with Gasteiger partial charge in [-0.25, -0.2) is 0 Å². The molecule has 2 atom stereocenters. The summed E-state index contributed by atoms with van der Waals surface area (Å²) in [7, 11) is 0. The van der Waals surface area contributed by atoms with E-state index in [2.05, 4.69) is 43.6 Å². The molecule has 78 valence electrons. The van der Waals surface area contributed by atoms with E-state index >= 15 is 0 Å². The molecule has 1 fully saturated rings. The lowest BCUT2D eigenvalue weighted by Gasteiger charge is -2.52. The lowest BCUT2D eigenvalue weighted by atomic mass is 9.58. The predicted octanol–water partition coefficient (Wildman–Crippen LogP) is 3.24. The van der Waals surface area contributed by atoms with Gasteiger partial charge in [-0.05, 0) is 29.8 Å². The summed E-state index contributed by atoms with van der Waals surface area (Å²) >= 11 is 1.90.